The molecule has 1 saturated heterocycles. The van der Waals surface area contributed by atoms with E-state index in [0.29, 0.717) is 11.0 Å². The molecule has 7 atom stereocenters. The third-order valence-electron chi connectivity index (χ3n) is 6.41. The SMILES string of the molecule is O=[N+]([O-])c1cccc(-n2nc(C(O)C(O)CO[C@H]3O[C@H](CO)[C@@H](O)[C@H](O)[C@H]3O)c3nc4ccccc4nc32)c1. The van der Waals surface area contributed by atoms with Crippen LogP contribution in [0.5, 0.6) is 0 Å². The average molecular weight is 543 g/mol. The summed E-state index contributed by atoms with van der Waals surface area (Å²) in [6, 6.07) is 12.5. The number of nitro benzene ring substituents is 1. The molecule has 206 valence electrons. The van der Waals surface area contributed by atoms with Crippen molar-refractivity contribution in [2.45, 2.75) is 42.9 Å². The monoisotopic (exact) mass is 543 g/mol. The number of benzene rings is 2. The third-order valence-corrected chi connectivity index (χ3v) is 6.41. The van der Waals surface area contributed by atoms with E-state index in [9.17, 15) is 40.8 Å². The Hall–Kier alpha value is -3.67. The number of fused-ring (bicyclic) bond motifs is 2. The average Bonchev–Trinajstić information content (AvgIpc) is 3.32. The molecule has 0 spiro atoms. The molecule has 39 heavy (non-hydrogen) atoms. The first-order chi connectivity index (χ1) is 18.7. The zero-order chi connectivity index (χ0) is 27.8. The normalized spacial score (nSPS) is 25.1. The smallest absolute Gasteiger partial charge is 0.271 e. The lowest BCUT2D eigenvalue weighted by Crippen LogP contribution is -2.59. The quantitative estimate of drug-likeness (QED) is 0.117. The highest BCUT2D eigenvalue weighted by molar-refractivity contribution is 5.86. The molecule has 3 heterocycles. The van der Waals surface area contributed by atoms with Crippen molar-refractivity contribution < 1.29 is 45.0 Å². The second-order valence-electron chi connectivity index (χ2n) is 9.00. The number of aliphatic hydroxyl groups is 6. The Balaban J connectivity index is 1.47. The number of ether oxygens (including phenoxy) is 2. The molecule has 4 aromatic rings. The summed E-state index contributed by atoms with van der Waals surface area (Å²) >= 11 is 0. The number of para-hydroxylation sites is 2. The van der Waals surface area contributed by atoms with Crippen molar-refractivity contribution >= 4 is 27.9 Å². The third kappa shape index (κ3) is 5.05. The minimum Gasteiger partial charge on any atom is -0.394 e. The summed E-state index contributed by atoms with van der Waals surface area (Å²) in [5, 5.41) is 76.8. The Labute approximate surface area is 219 Å². The van der Waals surface area contributed by atoms with Gasteiger partial charge in [0.2, 0.25) is 0 Å². The van der Waals surface area contributed by atoms with Crippen LogP contribution in [0.1, 0.15) is 11.8 Å². The predicted octanol–water partition coefficient (Wildman–Crippen LogP) is -0.912. The van der Waals surface area contributed by atoms with Crippen LogP contribution in [0.25, 0.3) is 27.9 Å². The highest BCUT2D eigenvalue weighted by Gasteiger charge is 2.44. The Morgan fingerprint density at radius 1 is 1.03 bits per heavy atom. The Morgan fingerprint density at radius 2 is 1.74 bits per heavy atom. The molecular formula is C24H25N5O10. The Bertz CT molecular complexity index is 1500. The van der Waals surface area contributed by atoms with Crippen molar-refractivity contribution in [3.05, 3.63) is 64.3 Å². The molecule has 0 bridgehead atoms. The van der Waals surface area contributed by atoms with Gasteiger partial charge in [-0.1, -0.05) is 18.2 Å². The van der Waals surface area contributed by atoms with Gasteiger partial charge in [-0.2, -0.15) is 5.10 Å². The lowest BCUT2D eigenvalue weighted by atomic mass is 9.99. The van der Waals surface area contributed by atoms with Crippen molar-refractivity contribution in [3.63, 3.8) is 0 Å². The maximum atomic E-state index is 11.3. The van der Waals surface area contributed by atoms with Gasteiger partial charge in [0.05, 0.1) is 34.9 Å². The molecule has 6 N–H and O–H groups in total. The number of aromatic nitrogens is 4. The second-order valence-corrected chi connectivity index (χ2v) is 9.00. The van der Waals surface area contributed by atoms with Crippen LogP contribution in [0.4, 0.5) is 5.69 Å². The van der Waals surface area contributed by atoms with Crippen LogP contribution < -0.4 is 0 Å². The first-order valence-electron chi connectivity index (χ1n) is 11.9. The highest BCUT2D eigenvalue weighted by Crippen LogP contribution is 2.29. The van der Waals surface area contributed by atoms with E-state index in [-0.39, 0.29) is 28.2 Å². The van der Waals surface area contributed by atoms with Crippen LogP contribution in [0.2, 0.25) is 0 Å². The van der Waals surface area contributed by atoms with Crippen LogP contribution in [0.3, 0.4) is 0 Å². The number of nitrogens with zero attached hydrogens (tertiary/aromatic N) is 5. The van der Waals surface area contributed by atoms with Crippen molar-refractivity contribution in [2.24, 2.45) is 0 Å². The van der Waals surface area contributed by atoms with Gasteiger partial charge in [0.25, 0.3) is 5.69 Å². The molecule has 1 aliphatic heterocycles. The number of hydrogen-bond acceptors (Lipinski definition) is 13. The van der Waals surface area contributed by atoms with Gasteiger partial charge < -0.3 is 40.1 Å². The lowest BCUT2D eigenvalue weighted by Gasteiger charge is -2.39. The number of aliphatic hydroxyl groups excluding tert-OH is 6. The van der Waals surface area contributed by atoms with Gasteiger partial charge in [-0.15, -0.1) is 0 Å². The van der Waals surface area contributed by atoms with E-state index in [0.717, 1.165) is 0 Å². The van der Waals surface area contributed by atoms with E-state index in [1.54, 1.807) is 30.3 Å². The summed E-state index contributed by atoms with van der Waals surface area (Å²) in [6.45, 7) is -1.28. The minimum absolute atomic E-state index is 0.0975. The Kier molecular flexibility index (Phi) is 7.48. The molecule has 0 aliphatic carbocycles. The number of rotatable bonds is 8. The van der Waals surface area contributed by atoms with Crippen molar-refractivity contribution in [2.75, 3.05) is 13.2 Å². The molecular weight excluding hydrogens is 518 g/mol. The molecule has 15 heteroatoms. The highest BCUT2D eigenvalue weighted by atomic mass is 16.7. The van der Waals surface area contributed by atoms with Gasteiger partial charge in [-0.25, -0.2) is 14.6 Å². The second kappa shape index (κ2) is 10.8. The van der Waals surface area contributed by atoms with E-state index >= 15 is 0 Å². The summed E-state index contributed by atoms with van der Waals surface area (Å²) in [4.78, 5) is 19.9. The predicted molar refractivity (Wildman–Crippen MR) is 132 cm³/mol. The van der Waals surface area contributed by atoms with E-state index in [1.165, 1.54) is 22.9 Å². The fourth-order valence-electron chi connectivity index (χ4n) is 4.30. The topological polar surface area (TPSA) is 227 Å². The molecule has 2 unspecified atom stereocenters. The van der Waals surface area contributed by atoms with Gasteiger partial charge >= 0.3 is 0 Å². The van der Waals surface area contributed by atoms with Gasteiger partial charge in [0.1, 0.15) is 47.8 Å². The fraction of sp³-hybridized carbons (Fsp3) is 0.375. The summed E-state index contributed by atoms with van der Waals surface area (Å²) < 4.78 is 11.9. The zero-order valence-electron chi connectivity index (χ0n) is 20.1. The molecule has 0 amide bonds. The van der Waals surface area contributed by atoms with Gasteiger partial charge in [0.15, 0.2) is 11.9 Å². The van der Waals surface area contributed by atoms with E-state index in [1.807, 2.05) is 0 Å². The minimum atomic E-state index is -1.70. The summed E-state index contributed by atoms with van der Waals surface area (Å²) in [5.74, 6) is 0. The number of non-ortho nitro benzene ring substituents is 1. The van der Waals surface area contributed by atoms with Crippen molar-refractivity contribution in [3.8, 4) is 5.69 Å². The summed E-state index contributed by atoms with van der Waals surface area (Å²) in [5.41, 5.74) is 1.25. The number of nitro groups is 1. The van der Waals surface area contributed by atoms with Crippen LogP contribution in [-0.2, 0) is 9.47 Å². The van der Waals surface area contributed by atoms with Gasteiger partial charge in [0, 0.05) is 12.1 Å². The molecule has 1 fully saturated rings. The first-order valence-corrected chi connectivity index (χ1v) is 11.9. The van der Waals surface area contributed by atoms with Crippen LogP contribution in [0.15, 0.2) is 48.5 Å². The van der Waals surface area contributed by atoms with Crippen molar-refractivity contribution in [1.82, 2.24) is 19.7 Å². The molecule has 5 rings (SSSR count). The van der Waals surface area contributed by atoms with E-state index in [2.05, 4.69) is 15.1 Å². The molecule has 15 nitrogen and oxygen atoms in total. The van der Waals surface area contributed by atoms with Crippen LogP contribution in [-0.4, -0.2) is 105 Å². The maximum absolute atomic E-state index is 11.3. The molecule has 0 radical (unpaired) electrons. The van der Waals surface area contributed by atoms with E-state index < -0.39 is 61.1 Å². The zero-order valence-corrected chi connectivity index (χ0v) is 20.1. The number of hydrogen-bond donors (Lipinski definition) is 6. The van der Waals surface area contributed by atoms with Crippen LogP contribution in [0, 0.1) is 10.1 Å². The van der Waals surface area contributed by atoms with Gasteiger partial charge in [-0.3, -0.25) is 10.1 Å². The lowest BCUT2D eigenvalue weighted by molar-refractivity contribution is -0.384. The summed E-state index contributed by atoms with van der Waals surface area (Å²) in [6.07, 6.45) is -11.0. The van der Waals surface area contributed by atoms with E-state index in [4.69, 9.17) is 9.47 Å². The standard InChI is InChI=1S/C24H25N5O10/c30-9-16-20(33)21(34)22(35)24(39-16)38-10-15(31)19(32)17-18-23(26-14-7-2-1-6-13(14)25-18)28(27-17)11-4-3-5-12(8-11)29(36)37/h1-8,15-16,19-22,24,30-35H,9-10H2/t15?,16-,19?,20-,21+,22-,24+/m1/s1. The first kappa shape index (κ1) is 26.9. The largest absolute Gasteiger partial charge is 0.394 e. The molecule has 2 aromatic carbocycles. The summed E-state index contributed by atoms with van der Waals surface area (Å²) in [7, 11) is 0. The maximum Gasteiger partial charge on any atom is 0.271 e. The van der Waals surface area contributed by atoms with Crippen LogP contribution >= 0.6 is 0 Å². The van der Waals surface area contributed by atoms with Crippen molar-refractivity contribution in [1.29, 1.82) is 0 Å². The molecule has 2 aromatic heterocycles. The molecule has 0 saturated carbocycles. The molecule has 1 aliphatic rings. The Morgan fingerprint density at radius 3 is 2.44 bits per heavy atom. The van der Waals surface area contributed by atoms with Gasteiger partial charge in [-0.05, 0) is 18.2 Å². The fourth-order valence-corrected chi connectivity index (χ4v) is 4.30.